The highest BCUT2D eigenvalue weighted by Crippen LogP contribution is 2.30. The highest BCUT2D eigenvalue weighted by atomic mass is 32.1. The van der Waals surface area contributed by atoms with Crippen LogP contribution in [-0.2, 0) is 4.74 Å². The maximum atomic E-state index is 12.4. The van der Waals surface area contributed by atoms with Crippen LogP contribution in [0.4, 0.5) is 21.6 Å². The molecule has 1 aliphatic rings. The molecule has 0 aliphatic carbocycles. The molecular formula is C26H27N9O4S. The van der Waals surface area contributed by atoms with E-state index < -0.39 is 6.03 Å². The Kier molecular flexibility index (Phi) is 8.07. The Hall–Kier alpha value is -4.69. The second-order valence-corrected chi connectivity index (χ2v) is 10.1. The number of hydrogen-bond acceptors (Lipinski definition) is 11. The minimum Gasteiger partial charge on any atom is -0.424 e. The van der Waals surface area contributed by atoms with Crippen molar-refractivity contribution in [1.82, 2.24) is 29.8 Å². The molecule has 0 bridgehead atoms. The normalized spacial score (nSPS) is 14.9. The highest BCUT2D eigenvalue weighted by molar-refractivity contribution is 7.19. The average molecular weight is 562 g/mol. The zero-order chi connectivity index (χ0) is 28.1. The Labute approximate surface area is 234 Å². The molecule has 0 saturated carbocycles. The Morgan fingerprint density at radius 1 is 1.10 bits per heavy atom. The van der Waals surface area contributed by atoms with Crippen molar-refractivity contribution in [3.05, 3.63) is 60.6 Å². The summed E-state index contributed by atoms with van der Waals surface area (Å²) in [6.07, 6.45) is 4.74. The number of amides is 3. The summed E-state index contributed by atoms with van der Waals surface area (Å²) in [7, 11) is 3.39. The molecule has 3 aromatic heterocycles. The van der Waals surface area contributed by atoms with Crippen molar-refractivity contribution in [2.75, 3.05) is 49.4 Å². The monoisotopic (exact) mass is 561 g/mol. The van der Waals surface area contributed by atoms with E-state index >= 15 is 0 Å². The van der Waals surface area contributed by atoms with Crippen molar-refractivity contribution in [3.63, 3.8) is 0 Å². The Morgan fingerprint density at radius 2 is 1.93 bits per heavy atom. The zero-order valence-electron chi connectivity index (χ0n) is 22.1. The summed E-state index contributed by atoms with van der Waals surface area (Å²) in [5.41, 5.74) is 1.09. The van der Waals surface area contributed by atoms with E-state index in [-0.39, 0.29) is 18.0 Å². The smallest absolute Gasteiger partial charge is 0.327 e. The van der Waals surface area contributed by atoms with Gasteiger partial charge in [0.15, 0.2) is 11.0 Å². The first-order chi connectivity index (χ1) is 19.4. The van der Waals surface area contributed by atoms with Crippen LogP contribution >= 0.6 is 11.3 Å². The summed E-state index contributed by atoms with van der Waals surface area (Å²) in [4.78, 5) is 50.8. The van der Waals surface area contributed by atoms with E-state index in [0.29, 0.717) is 58.5 Å². The van der Waals surface area contributed by atoms with Gasteiger partial charge in [-0.25, -0.2) is 9.78 Å². The van der Waals surface area contributed by atoms with Gasteiger partial charge in [0.25, 0.3) is 5.91 Å². The SMILES string of the molecule is C[C@H]1COCCN1c1nc(Oc2ccc(C(=O)N(C)C)cc2)nc(-c2cnc(NC(=O)Nc3cccnc3)s2)n1. The largest absolute Gasteiger partial charge is 0.424 e. The van der Waals surface area contributed by atoms with Crippen molar-refractivity contribution in [3.8, 4) is 22.5 Å². The lowest BCUT2D eigenvalue weighted by Crippen LogP contribution is -2.44. The number of hydrogen-bond donors (Lipinski definition) is 2. The van der Waals surface area contributed by atoms with Crippen molar-refractivity contribution in [1.29, 1.82) is 0 Å². The predicted octanol–water partition coefficient (Wildman–Crippen LogP) is 3.75. The summed E-state index contributed by atoms with van der Waals surface area (Å²) in [6.45, 7) is 3.72. The van der Waals surface area contributed by atoms with E-state index in [9.17, 15) is 9.59 Å². The van der Waals surface area contributed by atoms with Crippen LogP contribution in [0.1, 0.15) is 17.3 Å². The number of ether oxygens (including phenoxy) is 2. The van der Waals surface area contributed by atoms with Gasteiger partial charge >= 0.3 is 12.0 Å². The van der Waals surface area contributed by atoms with Crippen molar-refractivity contribution in [2.45, 2.75) is 13.0 Å². The van der Waals surface area contributed by atoms with E-state index in [1.54, 1.807) is 69.1 Å². The summed E-state index contributed by atoms with van der Waals surface area (Å²) in [6, 6.07) is 9.87. The predicted molar refractivity (Wildman–Crippen MR) is 150 cm³/mol. The third-order valence-electron chi connectivity index (χ3n) is 5.81. The Balaban J connectivity index is 1.39. The number of carbonyl (C=O) groups is 2. The molecule has 4 heterocycles. The summed E-state index contributed by atoms with van der Waals surface area (Å²) >= 11 is 1.21. The summed E-state index contributed by atoms with van der Waals surface area (Å²) < 4.78 is 11.6. The number of morpholine rings is 1. The molecule has 0 unspecified atom stereocenters. The highest BCUT2D eigenvalue weighted by Gasteiger charge is 2.24. The fourth-order valence-electron chi connectivity index (χ4n) is 3.82. The molecule has 0 spiro atoms. The molecule has 1 fully saturated rings. The van der Waals surface area contributed by atoms with Crippen LogP contribution in [0, 0.1) is 0 Å². The average Bonchev–Trinajstić information content (AvgIpc) is 3.42. The number of nitrogens with one attached hydrogen (secondary N) is 2. The number of carbonyl (C=O) groups excluding carboxylic acids is 2. The van der Waals surface area contributed by atoms with Crippen molar-refractivity contribution in [2.24, 2.45) is 0 Å². The van der Waals surface area contributed by atoms with E-state index in [2.05, 4.69) is 35.6 Å². The van der Waals surface area contributed by atoms with Gasteiger partial charge in [-0.3, -0.25) is 15.1 Å². The second kappa shape index (κ2) is 12.0. The number of benzene rings is 1. The molecule has 2 N–H and O–H groups in total. The van der Waals surface area contributed by atoms with Crippen molar-refractivity contribution >= 4 is 40.0 Å². The number of thiazole rings is 1. The minimum atomic E-state index is -0.451. The molecular weight excluding hydrogens is 534 g/mol. The van der Waals surface area contributed by atoms with Crippen LogP contribution in [0.2, 0.25) is 0 Å². The molecule has 4 aromatic rings. The van der Waals surface area contributed by atoms with Crippen LogP contribution < -0.4 is 20.3 Å². The van der Waals surface area contributed by atoms with Gasteiger partial charge in [-0.15, -0.1) is 0 Å². The number of aromatic nitrogens is 5. The molecule has 14 heteroatoms. The zero-order valence-corrected chi connectivity index (χ0v) is 22.9. The van der Waals surface area contributed by atoms with Gasteiger partial charge in [-0.1, -0.05) is 11.3 Å². The first kappa shape index (κ1) is 26.9. The van der Waals surface area contributed by atoms with Crippen LogP contribution in [0.15, 0.2) is 55.0 Å². The molecule has 1 atom stereocenters. The number of urea groups is 1. The topological polar surface area (TPSA) is 148 Å². The van der Waals surface area contributed by atoms with Gasteiger partial charge in [-0.05, 0) is 43.3 Å². The third-order valence-corrected chi connectivity index (χ3v) is 6.72. The Morgan fingerprint density at radius 3 is 2.65 bits per heavy atom. The molecule has 0 radical (unpaired) electrons. The third kappa shape index (κ3) is 6.47. The first-order valence-corrected chi connectivity index (χ1v) is 13.2. The van der Waals surface area contributed by atoms with Gasteiger partial charge in [0, 0.05) is 32.4 Å². The minimum absolute atomic E-state index is 0.0445. The van der Waals surface area contributed by atoms with Gasteiger partial charge in [-0.2, -0.15) is 15.0 Å². The lowest BCUT2D eigenvalue weighted by Gasteiger charge is -2.33. The molecule has 13 nitrogen and oxygen atoms in total. The molecule has 3 amide bonds. The Bertz CT molecular complexity index is 1480. The van der Waals surface area contributed by atoms with Crippen LogP contribution in [-0.4, -0.2) is 81.7 Å². The van der Waals surface area contributed by atoms with E-state index in [4.69, 9.17) is 9.47 Å². The lowest BCUT2D eigenvalue weighted by molar-refractivity contribution is 0.0827. The molecule has 206 valence electrons. The van der Waals surface area contributed by atoms with Gasteiger partial charge in [0.2, 0.25) is 5.95 Å². The molecule has 1 saturated heterocycles. The maximum absolute atomic E-state index is 12.4. The van der Waals surface area contributed by atoms with Gasteiger partial charge in [0.1, 0.15) is 5.75 Å². The van der Waals surface area contributed by atoms with Crippen LogP contribution in [0.3, 0.4) is 0 Å². The van der Waals surface area contributed by atoms with E-state index in [0.717, 1.165) is 0 Å². The number of rotatable bonds is 7. The molecule has 1 aromatic carbocycles. The van der Waals surface area contributed by atoms with Crippen LogP contribution in [0.25, 0.3) is 10.7 Å². The number of anilines is 3. The summed E-state index contributed by atoms with van der Waals surface area (Å²) in [5, 5.41) is 5.77. The fourth-order valence-corrected chi connectivity index (χ4v) is 4.56. The fraction of sp³-hybridized carbons (Fsp3) is 0.269. The quantitative estimate of drug-likeness (QED) is 0.342. The number of pyridine rings is 1. The summed E-state index contributed by atoms with van der Waals surface area (Å²) in [5.74, 6) is 1.14. The van der Waals surface area contributed by atoms with Gasteiger partial charge in [0.05, 0.1) is 42.2 Å². The number of nitrogens with zero attached hydrogens (tertiary/aromatic N) is 7. The second-order valence-electron chi connectivity index (χ2n) is 9.04. The lowest BCUT2D eigenvalue weighted by atomic mass is 10.2. The van der Waals surface area contributed by atoms with Crippen LogP contribution in [0.5, 0.6) is 11.8 Å². The molecule has 5 rings (SSSR count). The van der Waals surface area contributed by atoms with E-state index in [1.807, 2.05) is 11.8 Å². The molecule has 40 heavy (non-hydrogen) atoms. The van der Waals surface area contributed by atoms with Crippen molar-refractivity contribution < 1.29 is 19.1 Å². The first-order valence-electron chi connectivity index (χ1n) is 12.4. The standard InChI is InChI=1S/C26H27N9O4S/c1-16-15-38-12-11-35(16)23-30-21(20-14-28-26(40-20)33-24(37)29-18-5-4-10-27-13-18)31-25(32-23)39-19-8-6-17(7-9-19)22(36)34(2)3/h4-10,13-14,16H,11-12,15H2,1-3H3,(H2,28,29,33,37)/t16-/m0/s1. The van der Waals surface area contributed by atoms with E-state index in [1.165, 1.54) is 16.2 Å². The van der Waals surface area contributed by atoms with Gasteiger partial charge < -0.3 is 24.6 Å². The maximum Gasteiger partial charge on any atom is 0.327 e. The molecule has 1 aliphatic heterocycles.